The van der Waals surface area contributed by atoms with Crippen molar-refractivity contribution < 1.29 is 22.1 Å². The van der Waals surface area contributed by atoms with Crippen LogP contribution in [0.15, 0.2) is 41.3 Å². The first kappa shape index (κ1) is 18.8. The Morgan fingerprint density at radius 3 is 2.56 bits per heavy atom. The Morgan fingerprint density at radius 2 is 1.85 bits per heavy atom. The summed E-state index contributed by atoms with van der Waals surface area (Å²) in [7, 11) is -4.16. The summed E-state index contributed by atoms with van der Waals surface area (Å²) in [6.07, 6.45) is 0. The third-order valence-electron chi connectivity index (χ3n) is 3.92. The van der Waals surface area contributed by atoms with Crippen molar-refractivity contribution >= 4 is 56.8 Å². The number of thioether (sulfide) groups is 2. The van der Waals surface area contributed by atoms with Gasteiger partial charge < -0.3 is 14.2 Å². The van der Waals surface area contributed by atoms with Crippen LogP contribution in [0.2, 0.25) is 5.02 Å². The van der Waals surface area contributed by atoms with Crippen LogP contribution >= 0.6 is 35.1 Å². The molecule has 2 aromatic carbocycles. The number of carbonyl (C=O) groups excluding carboxylic acids is 1. The molecule has 0 spiro atoms. The molecule has 1 N–H and O–H groups in total. The van der Waals surface area contributed by atoms with Crippen LogP contribution in [0.25, 0.3) is 0 Å². The summed E-state index contributed by atoms with van der Waals surface area (Å²) in [6, 6.07) is 9.60. The number of halogens is 1. The maximum absolute atomic E-state index is 12.7. The molecule has 0 bridgehead atoms. The molecular weight excluding hydrogens is 430 g/mol. The summed E-state index contributed by atoms with van der Waals surface area (Å²) in [5.41, 5.74) is 1.45. The molecule has 2 aromatic rings. The predicted octanol–water partition coefficient (Wildman–Crippen LogP) is 3.92. The lowest BCUT2D eigenvalue weighted by Gasteiger charge is -2.19. The summed E-state index contributed by atoms with van der Waals surface area (Å²) in [5, 5.41) is 2.51. The van der Waals surface area contributed by atoms with Gasteiger partial charge in [0.25, 0.3) is 5.91 Å². The first-order valence-electron chi connectivity index (χ1n) is 7.96. The van der Waals surface area contributed by atoms with E-state index in [0.717, 1.165) is 17.1 Å². The van der Waals surface area contributed by atoms with Gasteiger partial charge in [0, 0.05) is 17.6 Å². The highest BCUT2D eigenvalue weighted by Crippen LogP contribution is 2.45. The van der Waals surface area contributed by atoms with Crippen molar-refractivity contribution in [1.82, 2.24) is 0 Å². The van der Waals surface area contributed by atoms with Crippen LogP contribution in [-0.2, 0) is 14.9 Å². The van der Waals surface area contributed by atoms with Crippen molar-refractivity contribution in [3.8, 4) is 11.5 Å². The van der Waals surface area contributed by atoms with Crippen molar-refractivity contribution in [2.24, 2.45) is 0 Å². The lowest BCUT2D eigenvalue weighted by atomic mass is 10.2. The molecule has 1 saturated heterocycles. The second-order valence-electron chi connectivity index (χ2n) is 5.80. The number of anilines is 1. The normalized spacial score (nSPS) is 17.1. The molecule has 142 valence electrons. The Kier molecular flexibility index (Phi) is 5.19. The predicted molar refractivity (Wildman–Crippen MR) is 107 cm³/mol. The van der Waals surface area contributed by atoms with Gasteiger partial charge in [0.05, 0.1) is 15.3 Å². The molecule has 10 heteroatoms. The SMILES string of the molecule is O=C1COc2cc(S(=O)(=O)Oc3ccc(C4SCCS4)cc3)c(Cl)cc2N1. The first-order chi connectivity index (χ1) is 12.9. The van der Waals surface area contributed by atoms with Crippen molar-refractivity contribution in [2.75, 3.05) is 23.4 Å². The molecule has 6 nitrogen and oxygen atoms in total. The average Bonchev–Trinajstić information content (AvgIpc) is 3.16. The van der Waals surface area contributed by atoms with Gasteiger partial charge in [-0.15, -0.1) is 23.5 Å². The van der Waals surface area contributed by atoms with Crippen LogP contribution in [0.1, 0.15) is 10.1 Å². The van der Waals surface area contributed by atoms with Crippen LogP contribution in [0.3, 0.4) is 0 Å². The van der Waals surface area contributed by atoms with Crippen LogP contribution in [0, 0.1) is 0 Å². The minimum Gasteiger partial charge on any atom is -0.482 e. The van der Waals surface area contributed by atoms with E-state index in [9.17, 15) is 13.2 Å². The van der Waals surface area contributed by atoms with Gasteiger partial charge >= 0.3 is 10.1 Å². The smallest absolute Gasteiger partial charge is 0.340 e. The third-order valence-corrected chi connectivity index (χ3v) is 8.73. The monoisotopic (exact) mass is 443 g/mol. The number of amides is 1. The second kappa shape index (κ2) is 7.46. The third kappa shape index (κ3) is 4.01. The summed E-state index contributed by atoms with van der Waals surface area (Å²) < 4.78 is 36.2. The summed E-state index contributed by atoms with van der Waals surface area (Å²) in [4.78, 5) is 11.1. The van der Waals surface area contributed by atoms with Crippen LogP contribution in [0.4, 0.5) is 5.69 Å². The summed E-state index contributed by atoms with van der Waals surface area (Å²) in [5.74, 6) is 2.33. The Hall–Kier alpha value is -1.55. The Morgan fingerprint density at radius 1 is 1.15 bits per heavy atom. The van der Waals surface area contributed by atoms with Gasteiger partial charge in [0.1, 0.15) is 16.4 Å². The number of rotatable bonds is 4. The lowest BCUT2D eigenvalue weighted by molar-refractivity contribution is -0.118. The molecule has 0 aromatic heterocycles. The van der Waals surface area contributed by atoms with Gasteiger partial charge in [0.15, 0.2) is 6.61 Å². The zero-order chi connectivity index (χ0) is 19.0. The fourth-order valence-corrected chi connectivity index (χ4v) is 6.99. The number of ether oxygens (including phenoxy) is 1. The van der Waals surface area contributed by atoms with E-state index in [1.54, 1.807) is 12.1 Å². The van der Waals surface area contributed by atoms with Gasteiger partial charge in [-0.3, -0.25) is 4.79 Å². The van der Waals surface area contributed by atoms with Crippen molar-refractivity contribution in [3.63, 3.8) is 0 Å². The standard InChI is InChI=1S/C17H14ClNO5S3/c18-12-7-13-14(23-9-16(20)19-13)8-15(12)27(21,22)24-11-3-1-10(2-4-11)17-25-5-6-26-17/h1-4,7-8,17H,5-6,9H2,(H,19,20). The molecule has 0 radical (unpaired) electrons. The number of hydrogen-bond donors (Lipinski definition) is 1. The van der Waals surface area contributed by atoms with Crippen LogP contribution < -0.4 is 14.2 Å². The molecule has 1 amide bonds. The number of hydrogen-bond acceptors (Lipinski definition) is 7. The van der Waals surface area contributed by atoms with Gasteiger partial charge in [-0.05, 0) is 23.8 Å². The molecule has 0 aliphatic carbocycles. The maximum Gasteiger partial charge on any atom is 0.340 e. The molecule has 2 aliphatic heterocycles. The molecule has 4 rings (SSSR count). The average molecular weight is 444 g/mol. The quantitative estimate of drug-likeness (QED) is 0.717. The molecule has 2 aliphatic rings. The van der Waals surface area contributed by atoms with Gasteiger partial charge in [-0.1, -0.05) is 23.7 Å². The molecule has 27 heavy (non-hydrogen) atoms. The van der Waals surface area contributed by atoms with E-state index in [1.165, 1.54) is 12.1 Å². The van der Waals surface area contributed by atoms with Crippen LogP contribution in [-0.4, -0.2) is 32.4 Å². The van der Waals surface area contributed by atoms with E-state index in [2.05, 4.69) is 5.32 Å². The van der Waals surface area contributed by atoms with Crippen LogP contribution in [0.5, 0.6) is 11.5 Å². The zero-order valence-corrected chi connectivity index (χ0v) is 17.0. The van der Waals surface area contributed by atoms with Gasteiger partial charge in [-0.25, -0.2) is 0 Å². The minimum absolute atomic E-state index is 0.0603. The number of fused-ring (bicyclic) bond motifs is 1. The molecule has 0 saturated carbocycles. The molecule has 1 fully saturated rings. The molecule has 0 unspecified atom stereocenters. The molecule has 2 heterocycles. The van der Waals surface area contributed by atoms with Crippen molar-refractivity contribution in [1.29, 1.82) is 0 Å². The van der Waals surface area contributed by atoms with E-state index in [1.807, 2.05) is 35.7 Å². The topological polar surface area (TPSA) is 81.7 Å². The highest BCUT2D eigenvalue weighted by molar-refractivity contribution is 8.19. The van der Waals surface area contributed by atoms with Crippen molar-refractivity contribution in [3.05, 3.63) is 47.0 Å². The number of benzene rings is 2. The largest absolute Gasteiger partial charge is 0.482 e. The lowest BCUT2D eigenvalue weighted by Crippen LogP contribution is -2.25. The van der Waals surface area contributed by atoms with E-state index >= 15 is 0 Å². The molecule has 0 atom stereocenters. The second-order valence-corrected chi connectivity index (χ2v) is 10.4. The fourth-order valence-electron chi connectivity index (χ4n) is 2.68. The number of carbonyl (C=O) groups is 1. The van der Waals surface area contributed by atoms with E-state index in [-0.39, 0.29) is 33.9 Å². The van der Waals surface area contributed by atoms with Crippen molar-refractivity contribution in [2.45, 2.75) is 9.48 Å². The highest BCUT2D eigenvalue weighted by atomic mass is 35.5. The van der Waals surface area contributed by atoms with E-state index in [0.29, 0.717) is 10.3 Å². The number of nitrogens with one attached hydrogen (secondary N) is 1. The van der Waals surface area contributed by atoms with E-state index in [4.69, 9.17) is 20.5 Å². The highest BCUT2D eigenvalue weighted by Gasteiger charge is 2.26. The summed E-state index contributed by atoms with van der Waals surface area (Å²) >= 11 is 9.84. The minimum atomic E-state index is -4.16. The first-order valence-corrected chi connectivity index (χ1v) is 11.8. The Labute approximate surface area is 170 Å². The Balaban J connectivity index is 1.57. The summed E-state index contributed by atoms with van der Waals surface area (Å²) in [6.45, 7) is -0.187. The van der Waals surface area contributed by atoms with Gasteiger partial charge in [-0.2, -0.15) is 8.42 Å². The maximum atomic E-state index is 12.7. The molecular formula is C17H14ClNO5S3. The van der Waals surface area contributed by atoms with E-state index < -0.39 is 10.1 Å². The van der Waals surface area contributed by atoms with Gasteiger partial charge in [0.2, 0.25) is 0 Å². The zero-order valence-electron chi connectivity index (χ0n) is 13.8. The Bertz CT molecular complexity index is 988. The fraction of sp³-hybridized carbons (Fsp3) is 0.235.